The van der Waals surface area contributed by atoms with Crippen molar-refractivity contribution < 1.29 is 14.6 Å². The number of hydrogen-bond donors (Lipinski definition) is 1. The van der Waals surface area contributed by atoms with Crippen LogP contribution in [-0.2, 0) is 7.97 Å². The third-order valence-electron chi connectivity index (χ3n) is 2.91. The average Bonchev–Trinajstić information content (AvgIpc) is 2.84. The molecule has 0 atom stereocenters. The first kappa shape index (κ1) is 16.5. The van der Waals surface area contributed by atoms with Crippen molar-refractivity contribution in [1.29, 1.82) is 0 Å². The third kappa shape index (κ3) is 4.09. The van der Waals surface area contributed by atoms with Crippen LogP contribution in [0.4, 0.5) is 0 Å². The fourth-order valence-electron chi connectivity index (χ4n) is 1.90. The number of carboxylic acid groups (broad SMARTS) is 1. The summed E-state index contributed by atoms with van der Waals surface area (Å²) in [6.07, 6.45) is 1.58. The van der Waals surface area contributed by atoms with Crippen molar-refractivity contribution in [2.75, 3.05) is 7.11 Å². The van der Waals surface area contributed by atoms with Crippen molar-refractivity contribution in [3.05, 3.63) is 47.3 Å². The van der Waals surface area contributed by atoms with Crippen molar-refractivity contribution in [3.63, 3.8) is 0 Å². The van der Waals surface area contributed by atoms with E-state index in [0.29, 0.717) is 12.2 Å². The number of aromatic carboxylic acids is 1. The molecule has 0 amide bonds. The van der Waals surface area contributed by atoms with Crippen molar-refractivity contribution in [1.82, 2.24) is 9.78 Å². The van der Waals surface area contributed by atoms with Gasteiger partial charge in [0.15, 0.2) is 0 Å². The quantitative estimate of drug-likeness (QED) is 0.491. The molecule has 5 nitrogen and oxygen atoms in total. The molecule has 0 bridgehead atoms. The summed E-state index contributed by atoms with van der Waals surface area (Å²) in [5.74, 6) is -0.163. The Labute approximate surface area is 150 Å². The standard InChI is InChI=1S/C14H14I2N2O3/c1-14(15,16)12-11(13(19)20)8-18(17-12)7-9-3-5-10(21-2)6-4-9/h3-6,8H,7H2,1-2H3,(H,19,20). The number of benzene rings is 1. The first-order chi connectivity index (χ1) is 9.81. The molecule has 0 fully saturated rings. The highest BCUT2D eigenvalue weighted by molar-refractivity contribution is 14.2. The molecule has 1 N–H and O–H groups in total. The minimum absolute atomic E-state index is 0.245. The largest absolute Gasteiger partial charge is 0.497 e. The number of hydrogen-bond acceptors (Lipinski definition) is 3. The van der Waals surface area contributed by atoms with Crippen LogP contribution in [-0.4, -0.2) is 28.0 Å². The minimum atomic E-state index is -0.953. The van der Waals surface area contributed by atoms with Crippen LogP contribution < -0.4 is 4.74 Å². The minimum Gasteiger partial charge on any atom is -0.497 e. The summed E-state index contributed by atoms with van der Waals surface area (Å²) in [6.45, 7) is 2.45. The third-order valence-corrected chi connectivity index (χ3v) is 3.93. The highest BCUT2D eigenvalue weighted by Gasteiger charge is 2.29. The number of alkyl halides is 2. The zero-order valence-electron chi connectivity index (χ0n) is 11.5. The van der Waals surface area contributed by atoms with Crippen LogP contribution in [0.5, 0.6) is 5.75 Å². The molecule has 2 aromatic rings. The fraction of sp³-hybridized carbons (Fsp3) is 0.286. The molecule has 0 spiro atoms. The number of ether oxygens (including phenoxy) is 1. The second-order valence-electron chi connectivity index (χ2n) is 4.63. The number of carboxylic acids is 1. The lowest BCUT2D eigenvalue weighted by atomic mass is 10.2. The molecule has 1 heterocycles. The predicted molar refractivity (Wildman–Crippen MR) is 96.7 cm³/mol. The fourth-order valence-corrected chi connectivity index (χ4v) is 2.70. The van der Waals surface area contributed by atoms with Gasteiger partial charge < -0.3 is 9.84 Å². The Morgan fingerprint density at radius 1 is 1.38 bits per heavy atom. The monoisotopic (exact) mass is 512 g/mol. The van der Waals surface area contributed by atoms with Gasteiger partial charge in [-0.15, -0.1) is 0 Å². The SMILES string of the molecule is COc1ccc(Cn2cc(C(=O)O)c(C(C)(I)I)n2)cc1. The summed E-state index contributed by atoms with van der Waals surface area (Å²) in [5.41, 5.74) is 1.85. The Kier molecular flexibility index (Phi) is 5.12. The summed E-state index contributed by atoms with van der Waals surface area (Å²) in [5, 5.41) is 13.7. The molecule has 112 valence electrons. The highest BCUT2D eigenvalue weighted by atomic mass is 127. The van der Waals surface area contributed by atoms with Crippen LogP contribution in [0.2, 0.25) is 0 Å². The molecule has 2 rings (SSSR count). The van der Waals surface area contributed by atoms with Crippen LogP contribution in [0.15, 0.2) is 30.5 Å². The van der Waals surface area contributed by atoms with E-state index in [1.807, 2.05) is 31.2 Å². The Hall–Kier alpha value is -0.840. The van der Waals surface area contributed by atoms with Crippen LogP contribution in [0, 0.1) is 0 Å². The molecule has 0 saturated carbocycles. The molecule has 0 unspecified atom stereocenters. The summed E-state index contributed by atoms with van der Waals surface area (Å²) < 4.78 is 6.41. The van der Waals surface area contributed by atoms with Gasteiger partial charge in [-0.2, -0.15) is 5.10 Å². The molecular weight excluding hydrogens is 498 g/mol. The average molecular weight is 512 g/mol. The molecular formula is C14H14I2N2O3. The van der Waals surface area contributed by atoms with Crippen LogP contribution in [0.3, 0.4) is 0 Å². The van der Waals surface area contributed by atoms with Gasteiger partial charge in [0, 0.05) is 6.20 Å². The molecule has 0 aliphatic rings. The normalized spacial score (nSPS) is 11.4. The molecule has 7 heteroatoms. The van der Waals surface area contributed by atoms with Crippen LogP contribution in [0.1, 0.15) is 28.5 Å². The number of methoxy groups -OCH3 is 1. The number of carbonyl (C=O) groups is 1. The lowest BCUT2D eigenvalue weighted by Crippen LogP contribution is -2.10. The molecule has 1 aromatic carbocycles. The van der Waals surface area contributed by atoms with E-state index in [4.69, 9.17) is 4.74 Å². The topological polar surface area (TPSA) is 64.3 Å². The van der Waals surface area contributed by atoms with Gasteiger partial charge in [-0.05, 0) is 24.6 Å². The van der Waals surface area contributed by atoms with Gasteiger partial charge in [-0.1, -0.05) is 57.3 Å². The number of halogens is 2. The van der Waals surface area contributed by atoms with E-state index < -0.39 is 5.97 Å². The van der Waals surface area contributed by atoms with E-state index in [1.54, 1.807) is 18.0 Å². The van der Waals surface area contributed by atoms with Crippen molar-refractivity contribution >= 4 is 51.2 Å². The van der Waals surface area contributed by atoms with Crippen LogP contribution >= 0.6 is 45.2 Å². The molecule has 0 aliphatic carbocycles. The van der Waals surface area contributed by atoms with Gasteiger partial charge in [-0.25, -0.2) is 4.79 Å². The van der Waals surface area contributed by atoms with E-state index in [0.717, 1.165) is 11.3 Å². The first-order valence-electron chi connectivity index (χ1n) is 6.13. The maximum absolute atomic E-state index is 11.3. The summed E-state index contributed by atoms with van der Waals surface area (Å²) >= 11 is 4.37. The smallest absolute Gasteiger partial charge is 0.339 e. The Balaban J connectivity index is 2.30. The zero-order valence-corrected chi connectivity index (χ0v) is 15.8. The summed E-state index contributed by atoms with van der Waals surface area (Å²) in [4.78, 5) is 11.3. The molecule has 0 saturated heterocycles. The van der Waals surface area contributed by atoms with Gasteiger partial charge in [0.1, 0.15) is 18.4 Å². The van der Waals surface area contributed by atoms with Gasteiger partial charge in [0.2, 0.25) is 0 Å². The first-order valence-corrected chi connectivity index (χ1v) is 8.29. The zero-order chi connectivity index (χ0) is 15.6. The maximum atomic E-state index is 11.3. The molecule has 1 aromatic heterocycles. The summed E-state index contributed by atoms with van der Waals surface area (Å²) in [7, 11) is 1.62. The van der Waals surface area contributed by atoms with Gasteiger partial charge in [0.05, 0.1) is 13.7 Å². The van der Waals surface area contributed by atoms with Gasteiger partial charge in [-0.3, -0.25) is 4.68 Å². The van der Waals surface area contributed by atoms with E-state index in [2.05, 4.69) is 50.3 Å². The number of rotatable bonds is 5. The lowest BCUT2D eigenvalue weighted by molar-refractivity contribution is 0.0695. The van der Waals surface area contributed by atoms with E-state index in [-0.39, 0.29) is 6.99 Å². The maximum Gasteiger partial charge on any atom is 0.339 e. The molecule has 21 heavy (non-hydrogen) atoms. The van der Waals surface area contributed by atoms with Gasteiger partial charge in [0.25, 0.3) is 0 Å². The molecule has 0 radical (unpaired) electrons. The van der Waals surface area contributed by atoms with Crippen molar-refractivity contribution in [2.24, 2.45) is 0 Å². The van der Waals surface area contributed by atoms with E-state index in [1.165, 1.54) is 0 Å². The van der Waals surface area contributed by atoms with E-state index >= 15 is 0 Å². The lowest BCUT2D eigenvalue weighted by Gasteiger charge is -2.11. The Morgan fingerprint density at radius 3 is 2.43 bits per heavy atom. The number of aromatic nitrogens is 2. The highest BCUT2D eigenvalue weighted by Crippen LogP contribution is 2.39. The second kappa shape index (κ2) is 6.51. The molecule has 0 aliphatic heterocycles. The van der Waals surface area contributed by atoms with Crippen LogP contribution in [0.25, 0.3) is 0 Å². The van der Waals surface area contributed by atoms with E-state index in [9.17, 15) is 9.90 Å². The predicted octanol–water partition coefficient (Wildman–Crippen LogP) is 3.68. The number of nitrogens with zero attached hydrogens (tertiary/aromatic N) is 2. The van der Waals surface area contributed by atoms with Gasteiger partial charge >= 0.3 is 5.97 Å². The Morgan fingerprint density at radius 2 is 2.00 bits per heavy atom. The Bertz CT molecular complexity index is 645. The van der Waals surface area contributed by atoms with Crippen molar-refractivity contribution in [2.45, 2.75) is 14.9 Å². The second-order valence-corrected chi connectivity index (χ2v) is 11.0. The summed E-state index contributed by atoms with van der Waals surface area (Å²) in [6, 6.07) is 7.62. The van der Waals surface area contributed by atoms with Crippen molar-refractivity contribution in [3.8, 4) is 5.75 Å².